The summed E-state index contributed by atoms with van der Waals surface area (Å²) in [6.07, 6.45) is -0.859. The van der Waals surface area contributed by atoms with E-state index in [4.69, 9.17) is 0 Å². The van der Waals surface area contributed by atoms with Gasteiger partial charge in [-0.1, -0.05) is 0 Å². The Morgan fingerprint density at radius 1 is 1.40 bits per heavy atom. The molecule has 0 unspecified atom stereocenters. The zero-order valence-corrected chi connectivity index (χ0v) is 8.01. The lowest BCUT2D eigenvalue weighted by Gasteiger charge is -2.08. The molecule has 1 aliphatic rings. The summed E-state index contributed by atoms with van der Waals surface area (Å²) in [6, 6.07) is 2.55. The Hall–Kier alpha value is -1.10. The van der Waals surface area contributed by atoms with E-state index >= 15 is 0 Å². The second-order valence-electron chi connectivity index (χ2n) is 3.69. The van der Waals surface area contributed by atoms with Crippen molar-refractivity contribution in [2.75, 3.05) is 0 Å². The van der Waals surface area contributed by atoms with Gasteiger partial charge in [0.2, 0.25) is 0 Å². The van der Waals surface area contributed by atoms with Gasteiger partial charge in [0, 0.05) is 18.8 Å². The average molecular weight is 216 g/mol. The van der Waals surface area contributed by atoms with Crippen molar-refractivity contribution < 1.29 is 13.2 Å². The molecular weight excluding hydrogens is 205 g/mol. The summed E-state index contributed by atoms with van der Waals surface area (Å²) in [4.78, 5) is 3.89. The van der Waals surface area contributed by atoms with E-state index in [-0.39, 0.29) is 0 Å². The second-order valence-corrected chi connectivity index (χ2v) is 3.69. The monoisotopic (exact) mass is 216 g/mol. The SMILES string of the molecule is FC(F)(F)c1ccnc(CNC2CC2)c1. The smallest absolute Gasteiger partial charge is 0.308 e. The van der Waals surface area contributed by atoms with Gasteiger partial charge in [-0.3, -0.25) is 4.98 Å². The highest BCUT2D eigenvalue weighted by Gasteiger charge is 2.30. The van der Waals surface area contributed by atoms with E-state index in [1.807, 2.05) is 0 Å². The molecule has 5 heteroatoms. The Morgan fingerprint density at radius 2 is 2.13 bits per heavy atom. The molecule has 2 rings (SSSR count). The molecule has 1 aliphatic carbocycles. The summed E-state index contributed by atoms with van der Waals surface area (Å²) in [6.45, 7) is 0.411. The van der Waals surface area contributed by atoms with Crippen LogP contribution in [0.1, 0.15) is 24.1 Å². The average Bonchev–Trinajstić information content (AvgIpc) is 2.97. The van der Waals surface area contributed by atoms with Crippen LogP contribution in [0.15, 0.2) is 18.3 Å². The van der Waals surface area contributed by atoms with E-state index in [2.05, 4.69) is 10.3 Å². The molecule has 1 aromatic heterocycles. The molecule has 1 heterocycles. The van der Waals surface area contributed by atoms with Gasteiger partial charge in [-0.05, 0) is 25.0 Å². The molecule has 0 saturated heterocycles. The van der Waals surface area contributed by atoms with Gasteiger partial charge in [0.15, 0.2) is 0 Å². The first kappa shape index (κ1) is 10.4. The van der Waals surface area contributed by atoms with Crippen LogP contribution >= 0.6 is 0 Å². The molecule has 15 heavy (non-hydrogen) atoms. The van der Waals surface area contributed by atoms with Crippen LogP contribution in [0, 0.1) is 0 Å². The highest BCUT2D eigenvalue weighted by molar-refractivity contribution is 5.19. The van der Waals surface area contributed by atoms with Gasteiger partial charge in [-0.25, -0.2) is 0 Å². The van der Waals surface area contributed by atoms with Gasteiger partial charge < -0.3 is 5.32 Å². The van der Waals surface area contributed by atoms with Crippen LogP contribution in [0.3, 0.4) is 0 Å². The number of aromatic nitrogens is 1. The van der Waals surface area contributed by atoms with Crippen LogP contribution in [0.5, 0.6) is 0 Å². The number of nitrogens with one attached hydrogen (secondary N) is 1. The number of rotatable bonds is 3. The molecule has 1 fully saturated rings. The van der Waals surface area contributed by atoms with Gasteiger partial charge >= 0.3 is 6.18 Å². The molecule has 2 nitrogen and oxygen atoms in total. The fourth-order valence-corrected chi connectivity index (χ4v) is 1.29. The minimum Gasteiger partial charge on any atom is -0.308 e. The lowest BCUT2D eigenvalue weighted by atomic mass is 10.2. The highest BCUT2D eigenvalue weighted by atomic mass is 19.4. The molecule has 0 amide bonds. The molecule has 0 spiro atoms. The van der Waals surface area contributed by atoms with E-state index in [0.29, 0.717) is 18.3 Å². The van der Waals surface area contributed by atoms with Crippen LogP contribution in [0.2, 0.25) is 0 Å². The van der Waals surface area contributed by atoms with E-state index in [1.54, 1.807) is 0 Å². The maximum absolute atomic E-state index is 12.3. The minimum atomic E-state index is -4.28. The Balaban J connectivity index is 2.04. The fraction of sp³-hybridized carbons (Fsp3) is 0.500. The molecule has 0 radical (unpaired) electrons. The summed E-state index contributed by atoms with van der Waals surface area (Å²) in [7, 11) is 0. The standard InChI is InChI=1S/C10H11F3N2/c11-10(12,13)7-3-4-14-9(5-7)6-15-8-1-2-8/h3-5,8,15H,1-2,6H2. The number of alkyl halides is 3. The first-order chi connectivity index (χ1) is 7.05. The minimum absolute atomic E-state index is 0.411. The Bertz CT molecular complexity index is 345. The molecule has 1 N–H and O–H groups in total. The largest absolute Gasteiger partial charge is 0.416 e. The van der Waals surface area contributed by atoms with Crippen molar-refractivity contribution in [2.45, 2.75) is 31.6 Å². The zero-order valence-electron chi connectivity index (χ0n) is 8.01. The number of nitrogens with zero attached hydrogens (tertiary/aromatic N) is 1. The number of pyridine rings is 1. The third kappa shape index (κ3) is 2.92. The maximum atomic E-state index is 12.3. The molecule has 0 bridgehead atoms. The van der Waals surface area contributed by atoms with Gasteiger partial charge in [0.1, 0.15) is 0 Å². The van der Waals surface area contributed by atoms with Crippen LogP contribution in [0.25, 0.3) is 0 Å². The van der Waals surface area contributed by atoms with Crippen molar-refractivity contribution >= 4 is 0 Å². The van der Waals surface area contributed by atoms with Crippen molar-refractivity contribution in [1.82, 2.24) is 10.3 Å². The predicted octanol–water partition coefficient (Wildman–Crippen LogP) is 2.35. The maximum Gasteiger partial charge on any atom is 0.416 e. The van der Waals surface area contributed by atoms with Crippen LogP contribution in [0.4, 0.5) is 13.2 Å². The Labute approximate surface area is 85.5 Å². The topological polar surface area (TPSA) is 24.9 Å². The number of hydrogen-bond donors (Lipinski definition) is 1. The first-order valence-corrected chi connectivity index (χ1v) is 4.81. The van der Waals surface area contributed by atoms with Crippen LogP contribution in [-0.2, 0) is 12.7 Å². The number of hydrogen-bond acceptors (Lipinski definition) is 2. The molecular formula is C10H11F3N2. The highest BCUT2D eigenvalue weighted by Crippen LogP contribution is 2.29. The summed E-state index contributed by atoms with van der Waals surface area (Å²) in [5.41, 5.74) is -0.193. The lowest BCUT2D eigenvalue weighted by Crippen LogP contribution is -2.17. The van der Waals surface area contributed by atoms with Gasteiger partial charge in [-0.15, -0.1) is 0 Å². The van der Waals surface area contributed by atoms with Crippen molar-refractivity contribution in [1.29, 1.82) is 0 Å². The first-order valence-electron chi connectivity index (χ1n) is 4.81. The van der Waals surface area contributed by atoms with Crippen molar-refractivity contribution in [3.63, 3.8) is 0 Å². The fourth-order valence-electron chi connectivity index (χ4n) is 1.29. The number of halogens is 3. The quantitative estimate of drug-likeness (QED) is 0.838. The summed E-state index contributed by atoms with van der Waals surface area (Å²) < 4.78 is 37.0. The summed E-state index contributed by atoms with van der Waals surface area (Å²) in [5, 5.41) is 3.12. The van der Waals surface area contributed by atoms with E-state index in [0.717, 1.165) is 25.0 Å². The second kappa shape index (κ2) is 3.81. The molecule has 1 aromatic rings. The third-order valence-electron chi connectivity index (χ3n) is 2.29. The molecule has 82 valence electrons. The predicted molar refractivity (Wildman–Crippen MR) is 49.1 cm³/mol. The summed E-state index contributed by atoms with van der Waals surface area (Å²) >= 11 is 0. The Kier molecular flexibility index (Phi) is 2.65. The summed E-state index contributed by atoms with van der Waals surface area (Å²) in [5.74, 6) is 0. The van der Waals surface area contributed by atoms with Gasteiger partial charge in [-0.2, -0.15) is 13.2 Å². The van der Waals surface area contributed by atoms with E-state index in [9.17, 15) is 13.2 Å². The normalized spacial score (nSPS) is 16.7. The lowest BCUT2D eigenvalue weighted by molar-refractivity contribution is -0.137. The molecule has 0 aromatic carbocycles. The van der Waals surface area contributed by atoms with E-state index < -0.39 is 11.7 Å². The van der Waals surface area contributed by atoms with E-state index in [1.165, 1.54) is 6.20 Å². The van der Waals surface area contributed by atoms with Crippen LogP contribution < -0.4 is 5.32 Å². The third-order valence-corrected chi connectivity index (χ3v) is 2.29. The molecule has 0 aliphatic heterocycles. The van der Waals surface area contributed by atoms with Crippen molar-refractivity contribution in [2.24, 2.45) is 0 Å². The zero-order chi connectivity index (χ0) is 10.9. The van der Waals surface area contributed by atoms with Gasteiger partial charge in [0.05, 0.1) is 11.3 Å². The molecule has 1 saturated carbocycles. The van der Waals surface area contributed by atoms with Gasteiger partial charge in [0.25, 0.3) is 0 Å². The van der Waals surface area contributed by atoms with Crippen molar-refractivity contribution in [3.8, 4) is 0 Å². The Morgan fingerprint density at radius 3 is 2.73 bits per heavy atom. The van der Waals surface area contributed by atoms with Crippen molar-refractivity contribution in [3.05, 3.63) is 29.6 Å². The van der Waals surface area contributed by atoms with Crippen LogP contribution in [-0.4, -0.2) is 11.0 Å². The molecule has 0 atom stereocenters.